The number of hydrogen-bond donors (Lipinski definition) is 1. The van der Waals surface area contributed by atoms with Gasteiger partial charge in [0.05, 0.1) is 0 Å². The Bertz CT molecular complexity index is 201. The Balaban J connectivity index is 2.52. The molecule has 0 aromatic rings. The first-order chi connectivity index (χ1) is 5.61. The minimum atomic E-state index is -0.0341. The van der Waals surface area contributed by atoms with Gasteiger partial charge in [0.2, 0.25) is 5.91 Å². The molecule has 3 nitrogen and oxygen atoms in total. The molecule has 1 N–H and O–H groups in total. The molecule has 0 radical (unpaired) electrons. The lowest BCUT2D eigenvalue weighted by molar-refractivity contribution is -0.122. The summed E-state index contributed by atoms with van der Waals surface area (Å²) in [5, 5.41) is 2.81. The molecule has 0 bridgehead atoms. The second-order valence-electron chi connectivity index (χ2n) is 3.46. The van der Waals surface area contributed by atoms with Gasteiger partial charge in [-0.2, -0.15) is 0 Å². The number of carbonyl (C=O) groups excluding carboxylic acids is 2. The topological polar surface area (TPSA) is 46.2 Å². The minimum Gasteiger partial charge on any atom is -0.353 e. The highest BCUT2D eigenvalue weighted by atomic mass is 16.1. The van der Waals surface area contributed by atoms with Crippen LogP contribution in [0.4, 0.5) is 0 Å². The van der Waals surface area contributed by atoms with Crippen LogP contribution in [0.1, 0.15) is 33.1 Å². The second-order valence-corrected chi connectivity index (χ2v) is 3.46. The fourth-order valence-corrected chi connectivity index (χ4v) is 1.88. The van der Waals surface area contributed by atoms with Crippen LogP contribution in [0.3, 0.4) is 0 Å². The van der Waals surface area contributed by atoms with E-state index < -0.39 is 0 Å². The molecular weight excluding hydrogens is 154 g/mol. The van der Waals surface area contributed by atoms with Crippen LogP contribution in [0.5, 0.6) is 0 Å². The summed E-state index contributed by atoms with van der Waals surface area (Å²) in [6.07, 6.45) is 2.93. The largest absolute Gasteiger partial charge is 0.353 e. The molecule has 1 saturated carbocycles. The van der Waals surface area contributed by atoms with Gasteiger partial charge in [-0.3, -0.25) is 9.59 Å². The van der Waals surface area contributed by atoms with Crippen LogP contribution in [0.2, 0.25) is 0 Å². The molecule has 12 heavy (non-hydrogen) atoms. The summed E-state index contributed by atoms with van der Waals surface area (Å²) in [7, 11) is 0. The Morgan fingerprint density at radius 2 is 1.92 bits per heavy atom. The van der Waals surface area contributed by atoms with Gasteiger partial charge in [0.15, 0.2) is 0 Å². The van der Waals surface area contributed by atoms with E-state index in [1.54, 1.807) is 6.92 Å². The number of ketones is 1. The van der Waals surface area contributed by atoms with Crippen LogP contribution in [0, 0.1) is 5.92 Å². The maximum absolute atomic E-state index is 11.1. The summed E-state index contributed by atoms with van der Waals surface area (Å²) in [5.74, 6) is 0.230. The number of amides is 1. The highest BCUT2D eigenvalue weighted by Crippen LogP contribution is 2.26. The van der Waals surface area contributed by atoms with E-state index in [0.29, 0.717) is 0 Å². The van der Waals surface area contributed by atoms with Crippen LogP contribution >= 0.6 is 0 Å². The molecule has 0 spiro atoms. The van der Waals surface area contributed by atoms with E-state index >= 15 is 0 Å². The van der Waals surface area contributed by atoms with Gasteiger partial charge in [0, 0.05) is 18.9 Å². The number of nitrogens with one attached hydrogen (secondary N) is 1. The van der Waals surface area contributed by atoms with Crippen molar-refractivity contribution < 1.29 is 9.59 Å². The van der Waals surface area contributed by atoms with Gasteiger partial charge in [-0.1, -0.05) is 6.42 Å². The monoisotopic (exact) mass is 169 g/mol. The first-order valence-corrected chi connectivity index (χ1v) is 4.39. The van der Waals surface area contributed by atoms with E-state index in [1.807, 2.05) is 0 Å². The smallest absolute Gasteiger partial charge is 0.217 e. The molecule has 0 aromatic carbocycles. The van der Waals surface area contributed by atoms with E-state index in [4.69, 9.17) is 0 Å². The van der Waals surface area contributed by atoms with E-state index in [0.717, 1.165) is 19.3 Å². The molecule has 3 heteroatoms. The van der Waals surface area contributed by atoms with Crippen molar-refractivity contribution in [3.8, 4) is 0 Å². The Morgan fingerprint density at radius 1 is 1.25 bits per heavy atom. The third-order valence-corrected chi connectivity index (χ3v) is 2.43. The van der Waals surface area contributed by atoms with E-state index in [-0.39, 0.29) is 23.7 Å². The second kappa shape index (κ2) is 3.70. The standard InChI is InChI=1S/C9H15NO2/c1-6(11)8-4-3-5-9(8)10-7(2)12/h8-9H,3-5H2,1-2H3,(H,10,12)/t8-,9+/m0/s1. The summed E-state index contributed by atoms with van der Waals surface area (Å²) in [4.78, 5) is 21.8. The molecule has 0 saturated heterocycles. The van der Waals surface area contributed by atoms with E-state index in [9.17, 15) is 9.59 Å². The molecule has 0 aromatic heterocycles. The quantitative estimate of drug-likeness (QED) is 0.667. The summed E-state index contributed by atoms with van der Waals surface area (Å²) >= 11 is 0. The van der Waals surface area contributed by atoms with E-state index in [1.165, 1.54) is 6.92 Å². The zero-order chi connectivity index (χ0) is 9.14. The zero-order valence-corrected chi connectivity index (χ0v) is 7.59. The lowest BCUT2D eigenvalue weighted by atomic mass is 9.99. The predicted octanol–water partition coefficient (Wildman–Crippen LogP) is 0.880. The molecule has 1 fully saturated rings. The van der Waals surface area contributed by atoms with Crippen LogP contribution in [0.25, 0.3) is 0 Å². The van der Waals surface area contributed by atoms with Crippen molar-refractivity contribution in [3.63, 3.8) is 0 Å². The maximum Gasteiger partial charge on any atom is 0.217 e. The van der Waals surface area contributed by atoms with Crippen molar-refractivity contribution in [2.75, 3.05) is 0 Å². The van der Waals surface area contributed by atoms with Crippen molar-refractivity contribution in [3.05, 3.63) is 0 Å². The molecule has 0 heterocycles. The zero-order valence-electron chi connectivity index (χ0n) is 7.59. The molecule has 1 amide bonds. The molecule has 1 aliphatic rings. The number of Topliss-reactive ketones (excluding diaryl/α,β-unsaturated/α-hetero) is 1. The summed E-state index contributed by atoms with van der Waals surface area (Å²) in [6.45, 7) is 3.10. The summed E-state index contributed by atoms with van der Waals surface area (Å²) in [6, 6.07) is 0.0972. The Hall–Kier alpha value is -0.860. The third-order valence-electron chi connectivity index (χ3n) is 2.43. The van der Waals surface area contributed by atoms with Crippen LogP contribution in [0.15, 0.2) is 0 Å². The van der Waals surface area contributed by atoms with Crippen LogP contribution in [-0.4, -0.2) is 17.7 Å². The average molecular weight is 169 g/mol. The lowest BCUT2D eigenvalue weighted by Gasteiger charge is -2.17. The Morgan fingerprint density at radius 3 is 2.42 bits per heavy atom. The maximum atomic E-state index is 11.1. The summed E-state index contributed by atoms with van der Waals surface area (Å²) < 4.78 is 0. The normalized spacial score (nSPS) is 28.5. The third kappa shape index (κ3) is 2.06. The molecular formula is C9H15NO2. The van der Waals surface area contributed by atoms with Crippen molar-refractivity contribution in [2.24, 2.45) is 5.92 Å². The van der Waals surface area contributed by atoms with Gasteiger partial charge in [0.1, 0.15) is 5.78 Å². The number of hydrogen-bond acceptors (Lipinski definition) is 2. The van der Waals surface area contributed by atoms with Crippen molar-refractivity contribution in [2.45, 2.75) is 39.2 Å². The molecule has 0 unspecified atom stereocenters. The number of rotatable bonds is 2. The van der Waals surface area contributed by atoms with Gasteiger partial charge >= 0.3 is 0 Å². The van der Waals surface area contributed by atoms with Crippen molar-refractivity contribution >= 4 is 11.7 Å². The lowest BCUT2D eigenvalue weighted by Crippen LogP contribution is -2.38. The fourth-order valence-electron chi connectivity index (χ4n) is 1.88. The molecule has 1 rings (SSSR count). The fraction of sp³-hybridized carbons (Fsp3) is 0.778. The van der Waals surface area contributed by atoms with Gasteiger partial charge in [-0.15, -0.1) is 0 Å². The van der Waals surface area contributed by atoms with Crippen molar-refractivity contribution in [1.29, 1.82) is 0 Å². The van der Waals surface area contributed by atoms with Crippen LogP contribution < -0.4 is 5.32 Å². The highest BCUT2D eigenvalue weighted by molar-refractivity contribution is 5.81. The van der Waals surface area contributed by atoms with Gasteiger partial charge < -0.3 is 5.32 Å². The Labute approximate surface area is 72.5 Å². The average Bonchev–Trinajstić information content (AvgIpc) is 2.33. The first-order valence-electron chi connectivity index (χ1n) is 4.39. The van der Waals surface area contributed by atoms with Gasteiger partial charge in [0.25, 0.3) is 0 Å². The highest BCUT2D eigenvalue weighted by Gasteiger charge is 2.30. The molecule has 2 atom stereocenters. The molecule has 68 valence electrons. The first kappa shape index (κ1) is 9.23. The Kier molecular flexibility index (Phi) is 2.84. The van der Waals surface area contributed by atoms with Crippen LogP contribution in [-0.2, 0) is 9.59 Å². The molecule has 0 aliphatic heterocycles. The van der Waals surface area contributed by atoms with Crippen molar-refractivity contribution in [1.82, 2.24) is 5.32 Å². The van der Waals surface area contributed by atoms with E-state index in [2.05, 4.69) is 5.32 Å². The van der Waals surface area contributed by atoms with Gasteiger partial charge in [-0.25, -0.2) is 0 Å². The summed E-state index contributed by atoms with van der Waals surface area (Å²) in [5.41, 5.74) is 0. The predicted molar refractivity (Wildman–Crippen MR) is 45.6 cm³/mol. The SMILES string of the molecule is CC(=O)N[C@@H]1CCC[C@H]1C(C)=O. The number of carbonyl (C=O) groups is 2. The minimum absolute atomic E-state index is 0.0341. The molecule has 1 aliphatic carbocycles. The van der Waals surface area contributed by atoms with Gasteiger partial charge in [-0.05, 0) is 19.8 Å².